The largest absolute Gasteiger partial charge is 0.493 e. The van der Waals surface area contributed by atoms with Crippen LogP contribution in [0.15, 0.2) is 12.1 Å². The van der Waals surface area contributed by atoms with Crippen LogP contribution in [0.2, 0.25) is 5.02 Å². The van der Waals surface area contributed by atoms with E-state index in [9.17, 15) is 14.4 Å². The van der Waals surface area contributed by atoms with Gasteiger partial charge in [0, 0.05) is 19.2 Å². The molecule has 0 saturated heterocycles. The summed E-state index contributed by atoms with van der Waals surface area (Å²) in [6.07, 6.45) is 0. The first-order valence-corrected chi connectivity index (χ1v) is 8.44. The Morgan fingerprint density at radius 2 is 1.93 bits per heavy atom. The fraction of sp³-hybridized carbons (Fsp3) is 0.471. The summed E-state index contributed by atoms with van der Waals surface area (Å²) in [4.78, 5) is 36.8. The summed E-state index contributed by atoms with van der Waals surface area (Å²) in [5, 5.41) is 0.0572. The molecule has 150 valence electrons. The van der Waals surface area contributed by atoms with Gasteiger partial charge < -0.3 is 29.6 Å². The Morgan fingerprint density at radius 1 is 1.22 bits per heavy atom. The number of nitrogens with zero attached hydrogens (tertiary/aromatic N) is 1. The molecule has 0 bridgehead atoms. The molecule has 0 aromatic heterocycles. The maximum Gasteiger partial charge on any atom is 0.325 e. The lowest BCUT2D eigenvalue weighted by Crippen LogP contribution is -2.38. The molecule has 9 nitrogen and oxygen atoms in total. The van der Waals surface area contributed by atoms with Gasteiger partial charge in [-0.15, -0.1) is 0 Å². The van der Waals surface area contributed by atoms with E-state index in [1.54, 1.807) is 6.92 Å². The molecule has 2 amide bonds. The van der Waals surface area contributed by atoms with Gasteiger partial charge in [-0.05, 0) is 19.1 Å². The molecule has 10 heteroatoms. The minimum Gasteiger partial charge on any atom is -0.493 e. The molecular weight excluding hydrogens is 380 g/mol. The third-order valence-corrected chi connectivity index (χ3v) is 3.59. The number of amides is 2. The van der Waals surface area contributed by atoms with Gasteiger partial charge in [-0.3, -0.25) is 14.4 Å². The third-order valence-electron chi connectivity index (χ3n) is 3.31. The molecule has 27 heavy (non-hydrogen) atoms. The van der Waals surface area contributed by atoms with E-state index in [1.807, 2.05) is 0 Å². The highest BCUT2D eigenvalue weighted by atomic mass is 35.5. The van der Waals surface area contributed by atoms with Gasteiger partial charge in [0.25, 0.3) is 11.8 Å². The Kier molecular flexibility index (Phi) is 9.38. The van der Waals surface area contributed by atoms with E-state index in [4.69, 9.17) is 36.3 Å². The van der Waals surface area contributed by atoms with Crippen LogP contribution >= 0.6 is 11.6 Å². The van der Waals surface area contributed by atoms with Crippen molar-refractivity contribution in [1.29, 1.82) is 0 Å². The quantitative estimate of drug-likeness (QED) is 0.545. The second-order valence-corrected chi connectivity index (χ2v) is 5.68. The predicted molar refractivity (Wildman–Crippen MR) is 97.1 cm³/mol. The number of primary amides is 1. The summed E-state index contributed by atoms with van der Waals surface area (Å²) in [5.74, 6) is -1.46. The number of esters is 1. The maximum atomic E-state index is 12.8. The minimum absolute atomic E-state index is 0.0572. The number of nitrogens with two attached hydrogens (primary N) is 1. The highest BCUT2D eigenvalue weighted by molar-refractivity contribution is 6.32. The molecule has 0 unspecified atom stereocenters. The molecule has 1 aromatic carbocycles. The minimum atomic E-state index is -0.687. The van der Waals surface area contributed by atoms with Gasteiger partial charge in [0.15, 0.2) is 18.1 Å². The van der Waals surface area contributed by atoms with Gasteiger partial charge in [0.05, 0.1) is 25.3 Å². The van der Waals surface area contributed by atoms with E-state index in [0.29, 0.717) is 0 Å². The molecule has 0 aliphatic heterocycles. The summed E-state index contributed by atoms with van der Waals surface area (Å²) in [5.41, 5.74) is 5.22. The van der Waals surface area contributed by atoms with Gasteiger partial charge in [-0.2, -0.15) is 0 Å². The van der Waals surface area contributed by atoms with Gasteiger partial charge in [-0.1, -0.05) is 11.6 Å². The average Bonchev–Trinajstić information content (AvgIpc) is 2.62. The van der Waals surface area contributed by atoms with E-state index < -0.39 is 24.4 Å². The molecule has 0 saturated carbocycles. The van der Waals surface area contributed by atoms with Crippen molar-refractivity contribution in [2.45, 2.75) is 6.92 Å². The van der Waals surface area contributed by atoms with Crippen molar-refractivity contribution in [2.24, 2.45) is 5.73 Å². The Morgan fingerprint density at radius 3 is 2.48 bits per heavy atom. The number of benzene rings is 1. The van der Waals surface area contributed by atoms with Crippen molar-refractivity contribution >= 4 is 29.4 Å². The van der Waals surface area contributed by atoms with Crippen LogP contribution in [0.1, 0.15) is 17.3 Å². The number of halogens is 1. The Bertz CT molecular complexity index is 681. The predicted octanol–water partition coefficient (Wildman–Crippen LogP) is 0.864. The van der Waals surface area contributed by atoms with Crippen LogP contribution < -0.4 is 15.2 Å². The zero-order valence-corrected chi connectivity index (χ0v) is 16.2. The van der Waals surface area contributed by atoms with Crippen molar-refractivity contribution < 1.29 is 33.3 Å². The summed E-state index contributed by atoms with van der Waals surface area (Å²) in [6.45, 7) is 1.65. The van der Waals surface area contributed by atoms with Crippen LogP contribution in [0, 0.1) is 0 Å². The van der Waals surface area contributed by atoms with Crippen LogP contribution in [0.4, 0.5) is 0 Å². The van der Waals surface area contributed by atoms with Crippen molar-refractivity contribution in [3.8, 4) is 11.5 Å². The van der Waals surface area contributed by atoms with Crippen LogP contribution in [0.3, 0.4) is 0 Å². The lowest BCUT2D eigenvalue weighted by atomic mass is 10.1. The number of methoxy groups -OCH3 is 2. The van der Waals surface area contributed by atoms with Gasteiger partial charge in [0.2, 0.25) is 0 Å². The maximum absolute atomic E-state index is 12.8. The second kappa shape index (κ2) is 11.2. The van der Waals surface area contributed by atoms with Crippen molar-refractivity contribution in [3.63, 3.8) is 0 Å². The molecule has 1 aromatic rings. The first-order chi connectivity index (χ1) is 12.8. The molecular formula is C17H23ClN2O7. The monoisotopic (exact) mass is 402 g/mol. The number of ether oxygens (including phenoxy) is 4. The number of carbonyl (C=O) groups excluding carboxylic acids is 3. The fourth-order valence-electron chi connectivity index (χ4n) is 2.13. The van der Waals surface area contributed by atoms with Gasteiger partial charge in [0.1, 0.15) is 6.54 Å². The number of rotatable bonds is 11. The molecule has 0 heterocycles. The van der Waals surface area contributed by atoms with Gasteiger partial charge in [-0.25, -0.2) is 0 Å². The smallest absolute Gasteiger partial charge is 0.325 e. The summed E-state index contributed by atoms with van der Waals surface area (Å²) < 4.78 is 20.3. The normalized spacial score (nSPS) is 10.2. The topological polar surface area (TPSA) is 117 Å². The first kappa shape index (κ1) is 22.5. The van der Waals surface area contributed by atoms with Crippen LogP contribution in [0.5, 0.6) is 11.5 Å². The lowest BCUT2D eigenvalue weighted by Gasteiger charge is -2.22. The zero-order chi connectivity index (χ0) is 20.4. The molecule has 0 aliphatic carbocycles. The standard InChI is InChI=1S/C17H23ClN2O7/c1-4-26-15(22)9-20(5-6-24-2)17(23)11-7-12(18)16(13(8-11)25-3)27-10-14(19)21/h7-8H,4-6,9-10H2,1-3H3,(H2,19,21). The van der Waals surface area contributed by atoms with E-state index in [1.165, 1.54) is 31.3 Å². The van der Waals surface area contributed by atoms with E-state index >= 15 is 0 Å². The molecule has 0 atom stereocenters. The number of hydrogen-bond donors (Lipinski definition) is 1. The Labute approximate surface area is 162 Å². The number of carbonyl (C=O) groups is 3. The third kappa shape index (κ3) is 6.95. The van der Waals surface area contributed by atoms with E-state index in [2.05, 4.69) is 0 Å². The molecule has 0 fully saturated rings. The highest BCUT2D eigenvalue weighted by Crippen LogP contribution is 2.36. The lowest BCUT2D eigenvalue weighted by molar-refractivity contribution is -0.144. The van der Waals surface area contributed by atoms with Crippen molar-refractivity contribution in [3.05, 3.63) is 22.7 Å². The highest BCUT2D eigenvalue weighted by Gasteiger charge is 2.23. The van der Waals surface area contributed by atoms with Crippen LogP contribution in [0.25, 0.3) is 0 Å². The van der Waals surface area contributed by atoms with Crippen LogP contribution in [-0.2, 0) is 19.1 Å². The van der Waals surface area contributed by atoms with Gasteiger partial charge >= 0.3 is 5.97 Å². The fourth-order valence-corrected chi connectivity index (χ4v) is 2.39. The Hall–Kier alpha value is -2.52. The average molecular weight is 403 g/mol. The van der Waals surface area contributed by atoms with E-state index in [-0.39, 0.29) is 48.4 Å². The summed E-state index contributed by atoms with van der Waals surface area (Å²) >= 11 is 6.16. The van der Waals surface area contributed by atoms with Crippen molar-refractivity contribution in [1.82, 2.24) is 4.90 Å². The molecule has 0 radical (unpaired) electrons. The second-order valence-electron chi connectivity index (χ2n) is 5.27. The Balaban J connectivity index is 3.11. The summed E-state index contributed by atoms with van der Waals surface area (Å²) in [7, 11) is 2.84. The first-order valence-electron chi connectivity index (χ1n) is 8.06. The molecule has 1 rings (SSSR count). The molecule has 0 aliphatic rings. The molecule has 0 spiro atoms. The van der Waals surface area contributed by atoms with Crippen LogP contribution in [-0.4, -0.2) is 69.8 Å². The SMILES string of the molecule is CCOC(=O)CN(CCOC)C(=O)c1cc(Cl)c(OCC(N)=O)c(OC)c1. The molecule has 2 N–H and O–H groups in total. The van der Waals surface area contributed by atoms with Crippen molar-refractivity contribution in [2.75, 3.05) is 47.1 Å². The van der Waals surface area contributed by atoms with E-state index in [0.717, 1.165) is 0 Å². The summed E-state index contributed by atoms with van der Waals surface area (Å²) in [6, 6.07) is 2.75. The number of hydrogen-bond acceptors (Lipinski definition) is 7. The zero-order valence-electron chi connectivity index (χ0n) is 15.5.